The molecule has 0 saturated carbocycles. The molecule has 0 atom stereocenters. The molecule has 1 fully saturated rings. The highest BCUT2D eigenvalue weighted by molar-refractivity contribution is 5.98. The number of nitrogens with zero attached hydrogens (tertiary/aromatic N) is 2. The predicted octanol–water partition coefficient (Wildman–Crippen LogP) is 1.85. The predicted molar refractivity (Wildman–Crippen MR) is 76.6 cm³/mol. The van der Waals surface area contributed by atoms with E-state index in [0.717, 1.165) is 25.9 Å². The van der Waals surface area contributed by atoms with Crippen LogP contribution in [0.3, 0.4) is 0 Å². The monoisotopic (exact) mass is 275 g/mol. The molecule has 5 nitrogen and oxygen atoms in total. The summed E-state index contributed by atoms with van der Waals surface area (Å²) < 4.78 is 0. The zero-order valence-electron chi connectivity index (χ0n) is 12.3. The van der Waals surface area contributed by atoms with Crippen LogP contribution in [0.4, 0.5) is 0 Å². The van der Waals surface area contributed by atoms with E-state index in [9.17, 15) is 9.59 Å². The van der Waals surface area contributed by atoms with Gasteiger partial charge in [-0.1, -0.05) is 0 Å². The van der Waals surface area contributed by atoms with E-state index >= 15 is 0 Å². The van der Waals surface area contributed by atoms with Gasteiger partial charge in [-0.15, -0.1) is 0 Å². The lowest BCUT2D eigenvalue weighted by atomic mass is 10.1. The third-order valence-corrected chi connectivity index (χ3v) is 3.12. The van der Waals surface area contributed by atoms with Crippen molar-refractivity contribution in [3.8, 4) is 0 Å². The Morgan fingerprint density at radius 3 is 2.50 bits per heavy atom. The number of carbonyl (C=O) groups is 2. The van der Waals surface area contributed by atoms with Crippen molar-refractivity contribution in [2.45, 2.75) is 39.2 Å². The van der Waals surface area contributed by atoms with Crippen LogP contribution in [0.1, 0.15) is 54.5 Å². The van der Waals surface area contributed by atoms with Crippen molar-refractivity contribution in [1.82, 2.24) is 15.2 Å². The lowest BCUT2D eigenvalue weighted by Gasteiger charge is -2.20. The summed E-state index contributed by atoms with van der Waals surface area (Å²) in [7, 11) is 0. The number of carbonyl (C=O) groups excluding carboxylic acids is 2. The van der Waals surface area contributed by atoms with Crippen LogP contribution in [-0.4, -0.2) is 40.3 Å². The van der Waals surface area contributed by atoms with Crippen LogP contribution in [-0.2, 0) is 0 Å². The molecular weight excluding hydrogens is 254 g/mol. The molecule has 1 aliphatic heterocycles. The molecular formula is C15H21N3O2. The van der Waals surface area contributed by atoms with E-state index in [1.165, 1.54) is 6.20 Å². The summed E-state index contributed by atoms with van der Waals surface area (Å²) >= 11 is 0. The summed E-state index contributed by atoms with van der Waals surface area (Å²) in [6.45, 7) is 7.31. The fourth-order valence-corrected chi connectivity index (χ4v) is 2.18. The maximum Gasteiger partial charge on any atom is 0.272 e. The summed E-state index contributed by atoms with van der Waals surface area (Å²) in [6, 6.07) is 3.20. The second kappa shape index (κ2) is 5.61. The first kappa shape index (κ1) is 14.5. The SMILES string of the molecule is CC(C)(C)NC(=O)c1ccnc(C(=O)N2CCCC2)c1. The van der Waals surface area contributed by atoms with Gasteiger partial charge < -0.3 is 10.2 Å². The average molecular weight is 275 g/mol. The molecule has 108 valence electrons. The number of rotatable bonds is 2. The Balaban J connectivity index is 2.15. The molecule has 1 aromatic rings. The fourth-order valence-electron chi connectivity index (χ4n) is 2.18. The average Bonchev–Trinajstić information content (AvgIpc) is 2.90. The molecule has 0 bridgehead atoms. The van der Waals surface area contributed by atoms with Gasteiger partial charge in [0.05, 0.1) is 0 Å². The van der Waals surface area contributed by atoms with Crippen molar-refractivity contribution < 1.29 is 9.59 Å². The Kier molecular flexibility index (Phi) is 4.06. The Bertz CT molecular complexity index is 514. The second-order valence-corrected chi connectivity index (χ2v) is 6.13. The Labute approximate surface area is 119 Å². The molecule has 5 heteroatoms. The number of pyridine rings is 1. The highest BCUT2D eigenvalue weighted by Crippen LogP contribution is 2.13. The minimum Gasteiger partial charge on any atom is -0.347 e. The molecule has 0 aromatic carbocycles. The van der Waals surface area contributed by atoms with Crippen molar-refractivity contribution in [3.05, 3.63) is 29.6 Å². The first-order valence-electron chi connectivity index (χ1n) is 6.95. The van der Waals surface area contributed by atoms with Crippen molar-refractivity contribution in [3.63, 3.8) is 0 Å². The lowest BCUT2D eigenvalue weighted by molar-refractivity contribution is 0.0787. The van der Waals surface area contributed by atoms with Gasteiger partial charge in [0.15, 0.2) is 0 Å². The van der Waals surface area contributed by atoms with E-state index in [2.05, 4.69) is 10.3 Å². The number of likely N-dealkylation sites (tertiary alicyclic amines) is 1. The van der Waals surface area contributed by atoms with Gasteiger partial charge in [-0.25, -0.2) is 0 Å². The standard InChI is InChI=1S/C15H21N3O2/c1-15(2,3)17-13(19)11-6-7-16-12(10-11)14(20)18-8-4-5-9-18/h6-7,10H,4-5,8-9H2,1-3H3,(H,17,19). The van der Waals surface area contributed by atoms with Crippen molar-refractivity contribution in [2.24, 2.45) is 0 Å². The quantitative estimate of drug-likeness (QED) is 0.896. The summed E-state index contributed by atoms with van der Waals surface area (Å²) in [5, 5.41) is 2.88. The smallest absolute Gasteiger partial charge is 0.272 e. The van der Waals surface area contributed by atoms with E-state index < -0.39 is 0 Å². The third kappa shape index (κ3) is 3.56. The van der Waals surface area contributed by atoms with Gasteiger partial charge in [-0.2, -0.15) is 0 Å². The number of amides is 2. The maximum atomic E-state index is 12.2. The van der Waals surface area contributed by atoms with Gasteiger partial charge in [0.2, 0.25) is 0 Å². The van der Waals surface area contributed by atoms with Gasteiger partial charge in [-0.3, -0.25) is 14.6 Å². The molecule has 2 amide bonds. The second-order valence-electron chi connectivity index (χ2n) is 6.13. The number of nitrogens with one attached hydrogen (secondary N) is 1. The third-order valence-electron chi connectivity index (χ3n) is 3.12. The van der Waals surface area contributed by atoms with E-state index in [4.69, 9.17) is 0 Å². The molecule has 1 N–H and O–H groups in total. The molecule has 1 saturated heterocycles. The molecule has 20 heavy (non-hydrogen) atoms. The van der Waals surface area contributed by atoms with Crippen LogP contribution >= 0.6 is 0 Å². The van der Waals surface area contributed by atoms with Crippen molar-refractivity contribution in [1.29, 1.82) is 0 Å². The molecule has 0 unspecified atom stereocenters. The van der Waals surface area contributed by atoms with Crippen LogP contribution in [0, 0.1) is 0 Å². The van der Waals surface area contributed by atoms with Gasteiger partial charge >= 0.3 is 0 Å². The van der Waals surface area contributed by atoms with Crippen LogP contribution < -0.4 is 5.32 Å². The van der Waals surface area contributed by atoms with E-state index in [1.54, 1.807) is 17.0 Å². The topological polar surface area (TPSA) is 62.3 Å². The van der Waals surface area contributed by atoms with E-state index in [-0.39, 0.29) is 17.4 Å². The maximum absolute atomic E-state index is 12.2. The molecule has 0 radical (unpaired) electrons. The molecule has 0 aliphatic carbocycles. The van der Waals surface area contributed by atoms with Crippen LogP contribution in [0.5, 0.6) is 0 Å². The zero-order chi connectivity index (χ0) is 14.8. The normalized spacial score (nSPS) is 15.2. The highest BCUT2D eigenvalue weighted by atomic mass is 16.2. The molecule has 1 aliphatic rings. The number of hydrogen-bond donors (Lipinski definition) is 1. The zero-order valence-corrected chi connectivity index (χ0v) is 12.3. The van der Waals surface area contributed by atoms with Gasteiger partial charge in [0.1, 0.15) is 5.69 Å². The Hall–Kier alpha value is -1.91. The molecule has 0 spiro atoms. The summed E-state index contributed by atoms with van der Waals surface area (Å²) in [5.74, 6) is -0.275. The Morgan fingerprint density at radius 1 is 1.25 bits per heavy atom. The van der Waals surface area contributed by atoms with Gasteiger partial charge in [0, 0.05) is 30.4 Å². The summed E-state index contributed by atoms with van der Waals surface area (Å²) in [4.78, 5) is 30.2. The van der Waals surface area contributed by atoms with Gasteiger partial charge in [0.25, 0.3) is 11.8 Å². The summed E-state index contributed by atoms with van der Waals surface area (Å²) in [5.41, 5.74) is 0.505. The largest absolute Gasteiger partial charge is 0.347 e. The summed E-state index contributed by atoms with van der Waals surface area (Å²) in [6.07, 6.45) is 3.59. The van der Waals surface area contributed by atoms with Crippen LogP contribution in [0.25, 0.3) is 0 Å². The van der Waals surface area contributed by atoms with Gasteiger partial charge in [-0.05, 0) is 45.7 Å². The minimum absolute atomic E-state index is 0.0899. The minimum atomic E-state index is -0.306. The number of aromatic nitrogens is 1. The van der Waals surface area contributed by atoms with Crippen LogP contribution in [0.15, 0.2) is 18.3 Å². The van der Waals surface area contributed by atoms with Crippen LogP contribution in [0.2, 0.25) is 0 Å². The first-order valence-corrected chi connectivity index (χ1v) is 6.95. The highest BCUT2D eigenvalue weighted by Gasteiger charge is 2.22. The molecule has 1 aromatic heterocycles. The molecule has 2 heterocycles. The van der Waals surface area contributed by atoms with Crippen molar-refractivity contribution in [2.75, 3.05) is 13.1 Å². The molecule has 2 rings (SSSR count). The van der Waals surface area contributed by atoms with Crippen molar-refractivity contribution >= 4 is 11.8 Å². The Morgan fingerprint density at radius 2 is 1.90 bits per heavy atom. The first-order chi connectivity index (χ1) is 9.37. The van der Waals surface area contributed by atoms with E-state index in [0.29, 0.717) is 11.3 Å². The fraction of sp³-hybridized carbons (Fsp3) is 0.533. The lowest BCUT2D eigenvalue weighted by Crippen LogP contribution is -2.40. The van der Waals surface area contributed by atoms with E-state index in [1.807, 2.05) is 20.8 Å². The number of hydrogen-bond acceptors (Lipinski definition) is 3.